The van der Waals surface area contributed by atoms with Crippen LogP contribution in [0.2, 0.25) is 0 Å². The van der Waals surface area contributed by atoms with Crippen molar-refractivity contribution < 1.29 is 9.90 Å². The topological polar surface area (TPSA) is 58.4 Å². The van der Waals surface area contributed by atoms with Crippen molar-refractivity contribution >= 4 is 5.97 Å². The number of benzene rings is 1. The average molecular weight is 343 g/mol. The molecule has 5 nitrogen and oxygen atoms in total. The van der Waals surface area contributed by atoms with Crippen molar-refractivity contribution in [2.75, 3.05) is 13.6 Å². The van der Waals surface area contributed by atoms with Gasteiger partial charge in [-0.3, -0.25) is 4.79 Å². The summed E-state index contributed by atoms with van der Waals surface area (Å²) in [6, 6.07) is 8.28. The molecule has 5 heteroatoms. The summed E-state index contributed by atoms with van der Waals surface area (Å²) in [5, 5.41) is 13.9. The zero-order chi connectivity index (χ0) is 18.8. The van der Waals surface area contributed by atoms with Crippen molar-refractivity contribution in [1.82, 2.24) is 14.7 Å². The molecule has 0 amide bonds. The van der Waals surface area contributed by atoms with Gasteiger partial charge in [-0.1, -0.05) is 45.4 Å². The smallest absolute Gasteiger partial charge is 0.307 e. The minimum atomic E-state index is -0.766. The van der Waals surface area contributed by atoms with E-state index in [2.05, 4.69) is 58.2 Å². The Kier molecular flexibility index (Phi) is 5.68. The third-order valence-corrected chi connectivity index (χ3v) is 4.25. The number of aromatic nitrogens is 2. The van der Waals surface area contributed by atoms with Gasteiger partial charge in [0, 0.05) is 30.3 Å². The summed E-state index contributed by atoms with van der Waals surface area (Å²) in [6.07, 6.45) is 2.06. The fourth-order valence-electron chi connectivity index (χ4n) is 2.89. The summed E-state index contributed by atoms with van der Waals surface area (Å²) in [5.74, 6) is -1.16. The Balaban J connectivity index is 2.29. The molecule has 1 aromatic carbocycles. The highest BCUT2D eigenvalue weighted by Crippen LogP contribution is 2.26. The predicted octanol–water partition coefficient (Wildman–Crippen LogP) is 3.63. The van der Waals surface area contributed by atoms with E-state index in [4.69, 9.17) is 10.2 Å². The first kappa shape index (κ1) is 19.2. The lowest BCUT2D eigenvalue weighted by atomic mass is 9.89. The summed E-state index contributed by atoms with van der Waals surface area (Å²) in [5.41, 5.74) is 4.35. The zero-order valence-electron chi connectivity index (χ0n) is 16.1. The van der Waals surface area contributed by atoms with Crippen molar-refractivity contribution in [2.24, 2.45) is 5.92 Å². The first-order valence-electron chi connectivity index (χ1n) is 8.65. The van der Waals surface area contributed by atoms with E-state index in [1.807, 2.05) is 16.6 Å². The van der Waals surface area contributed by atoms with Crippen molar-refractivity contribution in [3.63, 3.8) is 0 Å². The van der Waals surface area contributed by atoms with E-state index in [9.17, 15) is 4.79 Å². The van der Waals surface area contributed by atoms with Crippen LogP contribution in [0, 0.1) is 12.8 Å². The lowest BCUT2D eigenvalue weighted by molar-refractivity contribution is -0.141. The maximum Gasteiger partial charge on any atom is 0.307 e. The molecule has 0 bridgehead atoms. The molecule has 0 aliphatic rings. The van der Waals surface area contributed by atoms with Gasteiger partial charge in [-0.25, -0.2) is 4.68 Å². The largest absolute Gasteiger partial charge is 0.481 e. The molecule has 0 spiro atoms. The van der Waals surface area contributed by atoms with Gasteiger partial charge in [-0.15, -0.1) is 0 Å². The molecule has 0 fully saturated rings. The summed E-state index contributed by atoms with van der Waals surface area (Å²) in [4.78, 5) is 13.1. The van der Waals surface area contributed by atoms with Crippen LogP contribution in [-0.2, 0) is 16.8 Å². The van der Waals surface area contributed by atoms with Gasteiger partial charge in [-0.05, 0) is 26.1 Å². The second kappa shape index (κ2) is 7.40. The van der Waals surface area contributed by atoms with Gasteiger partial charge in [0.2, 0.25) is 0 Å². The molecule has 1 N–H and O–H groups in total. The van der Waals surface area contributed by atoms with E-state index >= 15 is 0 Å². The minimum absolute atomic E-state index is 0.0788. The van der Waals surface area contributed by atoms with Crippen molar-refractivity contribution in [2.45, 2.75) is 46.6 Å². The highest BCUT2D eigenvalue weighted by atomic mass is 16.4. The highest BCUT2D eigenvalue weighted by molar-refractivity contribution is 5.69. The quantitative estimate of drug-likeness (QED) is 0.870. The van der Waals surface area contributed by atoms with Crippen LogP contribution in [0.15, 0.2) is 30.5 Å². The fourth-order valence-corrected chi connectivity index (χ4v) is 2.89. The van der Waals surface area contributed by atoms with Gasteiger partial charge in [-0.2, -0.15) is 5.10 Å². The number of rotatable bonds is 6. The molecule has 25 heavy (non-hydrogen) atoms. The number of carboxylic acid groups (broad SMARTS) is 1. The van der Waals surface area contributed by atoms with Crippen molar-refractivity contribution in [3.05, 3.63) is 47.3 Å². The number of aryl methyl sites for hydroxylation is 1. The van der Waals surface area contributed by atoms with Crippen LogP contribution in [0.4, 0.5) is 0 Å². The molecule has 1 unspecified atom stereocenters. The van der Waals surface area contributed by atoms with Gasteiger partial charge in [0.25, 0.3) is 0 Å². The Hall–Kier alpha value is -2.14. The molecular formula is C20H29N3O2. The minimum Gasteiger partial charge on any atom is -0.481 e. The normalized spacial score (nSPS) is 13.2. The molecular weight excluding hydrogens is 314 g/mol. The second-order valence-corrected chi connectivity index (χ2v) is 7.97. The van der Waals surface area contributed by atoms with E-state index in [0.29, 0.717) is 13.1 Å². The van der Waals surface area contributed by atoms with E-state index in [1.54, 1.807) is 6.92 Å². The number of carbonyl (C=O) groups is 1. The lowest BCUT2D eigenvalue weighted by Gasteiger charge is -2.22. The van der Waals surface area contributed by atoms with E-state index < -0.39 is 11.9 Å². The van der Waals surface area contributed by atoms with Crippen LogP contribution in [0.25, 0.3) is 5.69 Å². The van der Waals surface area contributed by atoms with Crippen LogP contribution in [0.3, 0.4) is 0 Å². The van der Waals surface area contributed by atoms with Crippen molar-refractivity contribution in [1.29, 1.82) is 0 Å². The summed E-state index contributed by atoms with van der Waals surface area (Å²) >= 11 is 0. The summed E-state index contributed by atoms with van der Waals surface area (Å²) < 4.78 is 1.92. The Bertz CT molecular complexity index is 726. The van der Waals surface area contributed by atoms with E-state index in [0.717, 1.165) is 16.9 Å². The number of carboxylic acids is 1. The highest BCUT2D eigenvalue weighted by Gasteiger charge is 2.24. The molecule has 1 atom stereocenters. The number of aliphatic carboxylic acids is 1. The second-order valence-electron chi connectivity index (χ2n) is 7.97. The van der Waals surface area contributed by atoms with Crippen LogP contribution >= 0.6 is 0 Å². The number of hydrogen-bond donors (Lipinski definition) is 1. The first-order chi connectivity index (χ1) is 11.6. The Morgan fingerprint density at radius 1 is 1.28 bits per heavy atom. The van der Waals surface area contributed by atoms with Crippen molar-refractivity contribution in [3.8, 4) is 5.69 Å². The zero-order valence-corrected chi connectivity index (χ0v) is 16.1. The fraction of sp³-hybridized carbons (Fsp3) is 0.500. The van der Waals surface area contributed by atoms with Crippen LogP contribution in [0.5, 0.6) is 0 Å². The molecule has 136 valence electrons. The molecule has 0 aliphatic heterocycles. The Morgan fingerprint density at radius 2 is 1.88 bits per heavy atom. The Labute approximate surface area is 150 Å². The predicted molar refractivity (Wildman–Crippen MR) is 100 cm³/mol. The Morgan fingerprint density at radius 3 is 2.40 bits per heavy atom. The van der Waals surface area contributed by atoms with E-state index in [1.165, 1.54) is 5.56 Å². The maximum absolute atomic E-state index is 11.1. The van der Waals surface area contributed by atoms with Crippen LogP contribution in [0.1, 0.15) is 44.5 Å². The standard InChI is InChI=1S/C20H29N3O2/c1-14-7-9-17(10-8-14)23-13-16(18(21-23)20(3,4)5)12-22(6)11-15(2)19(24)25/h7-10,13,15H,11-12H2,1-6H3,(H,24,25). The molecule has 0 saturated heterocycles. The van der Waals surface area contributed by atoms with Gasteiger partial charge >= 0.3 is 5.97 Å². The monoisotopic (exact) mass is 343 g/mol. The molecule has 0 radical (unpaired) electrons. The molecule has 1 aromatic heterocycles. The van der Waals surface area contributed by atoms with Crippen LogP contribution in [-0.4, -0.2) is 39.3 Å². The number of nitrogens with zero attached hydrogens (tertiary/aromatic N) is 3. The van der Waals surface area contributed by atoms with Gasteiger partial charge in [0.05, 0.1) is 17.3 Å². The number of hydrogen-bond acceptors (Lipinski definition) is 3. The third kappa shape index (κ3) is 4.92. The van der Waals surface area contributed by atoms with E-state index in [-0.39, 0.29) is 5.41 Å². The van der Waals surface area contributed by atoms with Crippen LogP contribution < -0.4 is 0 Å². The lowest BCUT2D eigenvalue weighted by Crippen LogP contribution is -2.29. The SMILES string of the molecule is Cc1ccc(-n2cc(CN(C)CC(C)C(=O)O)c(C(C)(C)C)n2)cc1. The summed E-state index contributed by atoms with van der Waals surface area (Å²) in [7, 11) is 1.95. The molecule has 2 aromatic rings. The molecule has 0 aliphatic carbocycles. The van der Waals surface area contributed by atoms with Gasteiger partial charge in [0.15, 0.2) is 0 Å². The van der Waals surface area contributed by atoms with Gasteiger partial charge in [0.1, 0.15) is 0 Å². The molecule has 2 rings (SSSR count). The summed E-state index contributed by atoms with van der Waals surface area (Å²) in [6.45, 7) is 11.4. The third-order valence-electron chi connectivity index (χ3n) is 4.25. The average Bonchev–Trinajstić information content (AvgIpc) is 2.91. The van der Waals surface area contributed by atoms with Gasteiger partial charge < -0.3 is 10.0 Å². The maximum atomic E-state index is 11.1. The molecule has 0 saturated carbocycles. The molecule has 1 heterocycles. The first-order valence-corrected chi connectivity index (χ1v) is 8.65.